The van der Waals surface area contributed by atoms with Gasteiger partial charge in [-0.2, -0.15) is 0 Å². The fraction of sp³-hybridized carbons (Fsp3) is 0.500. The molecule has 0 radical (unpaired) electrons. The van der Waals surface area contributed by atoms with Crippen LogP contribution < -0.4 is 5.32 Å². The van der Waals surface area contributed by atoms with E-state index in [0.717, 1.165) is 11.3 Å². The molecule has 3 rings (SSSR count). The third-order valence-corrected chi connectivity index (χ3v) is 4.66. The van der Waals surface area contributed by atoms with E-state index in [1.165, 1.54) is 25.7 Å². The third-order valence-electron chi connectivity index (χ3n) is 4.66. The van der Waals surface area contributed by atoms with Crippen molar-refractivity contribution in [1.82, 2.24) is 0 Å². The predicted octanol–water partition coefficient (Wildman–Crippen LogP) is 3.26. The zero-order valence-electron chi connectivity index (χ0n) is 11.7. The summed E-state index contributed by atoms with van der Waals surface area (Å²) in [4.78, 5) is 12.3. The highest BCUT2D eigenvalue weighted by molar-refractivity contribution is 6.00. The second kappa shape index (κ2) is 5.27. The van der Waals surface area contributed by atoms with E-state index in [2.05, 4.69) is 10.5 Å². The van der Waals surface area contributed by atoms with E-state index >= 15 is 0 Å². The molecule has 0 heterocycles. The Kier molecular flexibility index (Phi) is 3.47. The van der Waals surface area contributed by atoms with Crippen molar-refractivity contribution < 1.29 is 10.0 Å². The largest absolute Gasteiger partial charge is 0.411 e. The molecule has 0 aliphatic heterocycles. The molecular formula is C16H20N2O2. The van der Waals surface area contributed by atoms with E-state index in [-0.39, 0.29) is 11.8 Å². The molecule has 0 bridgehead atoms. The first-order chi connectivity index (χ1) is 9.70. The molecule has 106 valence electrons. The Balaban J connectivity index is 1.67. The summed E-state index contributed by atoms with van der Waals surface area (Å²) in [6, 6.07) is 7.44. The second-order valence-corrected chi connectivity index (χ2v) is 5.89. The summed E-state index contributed by atoms with van der Waals surface area (Å²) in [6.07, 6.45) is 4.96. The molecule has 1 aromatic rings. The molecule has 2 aliphatic carbocycles. The average molecular weight is 272 g/mol. The summed E-state index contributed by atoms with van der Waals surface area (Å²) in [5.74, 6) is 1.60. The molecule has 0 aromatic heterocycles. The van der Waals surface area contributed by atoms with Crippen LogP contribution in [0.15, 0.2) is 29.4 Å². The molecule has 2 N–H and O–H groups in total. The Morgan fingerprint density at radius 1 is 1.30 bits per heavy atom. The first kappa shape index (κ1) is 13.2. The summed E-state index contributed by atoms with van der Waals surface area (Å²) >= 11 is 0. The molecule has 1 aromatic carbocycles. The van der Waals surface area contributed by atoms with Crippen LogP contribution in [-0.2, 0) is 4.79 Å². The van der Waals surface area contributed by atoms with Gasteiger partial charge in [-0.15, -0.1) is 0 Å². The lowest BCUT2D eigenvalue weighted by Gasteiger charge is -2.06. The zero-order valence-corrected chi connectivity index (χ0v) is 11.7. The summed E-state index contributed by atoms with van der Waals surface area (Å²) in [6.45, 7) is 1.73. The van der Waals surface area contributed by atoms with Gasteiger partial charge in [0.05, 0.1) is 5.71 Å². The fourth-order valence-electron chi connectivity index (χ4n) is 3.49. The van der Waals surface area contributed by atoms with Gasteiger partial charge >= 0.3 is 0 Å². The molecule has 2 unspecified atom stereocenters. The highest BCUT2D eigenvalue weighted by atomic mass is 16.4. The van der Waals surface area contributed by atoms with Crippen LogP contribution in [0.25, 0.3) is 0 Å². The molecule has 4 nitrogen and oxygen atoms in total. The normalized spacial score (nSPS) is 28.6. The molecular weight excluding hydrogens is 252 g/mol. The van der Waals surface area contributed by atoms with E-state index in [1.807, 2.05) is 24.3 Å². The van der Waals surface area contributed by atoms with E-state index < -0.39 is 0 Å². The van der Waals surface area contributed by atoms with Crippen LogP contribution in [0.2, 0.25) is 0 Å². The Bertz CT molecular complexity index is 541. The molecule has 1 amide bonds. The number of nitrogens with one attached hydrogen (secondary N) is 1. The lowest BCUT2D eigenvalue weighted by molar-refractivity contribution is -0.117. The van der Waals surface area contributed by atoms with Gasteiger partial charge in [0, 0.05) is 17.2 Å². The maximum Gasteiger partial charge on any atom is 0.228 e. The number of nitrogens with zero attached hydrogens (tertiary/aromatic N) is 1. The predicted molar refractivity (Wildman–Crippen MR) is 78.0 cm³/mol. The standard InChI is InChI=1S/C16H20N2O2/c1-10(18-20)11-5-4-6-12(9-11)17-16(19)15-13-7-2-3-8-14(13)15/h4-6,9,13-15,20H,2-3,7-8H2,1H3,(H,17,19)/b18-10-. The topological polar surface area (TPSA) is 61.7 Å². The zero-order chi connectivity index (χ0) is 14.1. The summed E-state index contributed by atoms with van der Waals surface area (Å²) in [7, 11) is 0. The van der Waals surface area contributed by atoms with Crippen LogP contribution in [0.1, 0.15) is 38.2 Å². The number of carbonyl (C=O) groups is 1. The number of hydrogen-bond donors (Lipinski definition) is 2. The van der Waals surface area contributed by atoms with Crippen molar-refractivity contribution in [2.45, 2.75) is 32.6 Å². The summed E-state index contributed by atoms with van der Waals surface area (Å²) < 4.78 is 0. The highest BCUT2D eigenvalue weighted by Crippen LogP contribution is 2.55. The van der Waals surface area contributed by atoms with E-state index in [9.17, 15) is 4.79 Å². The van der Waals surface area contributed by atoms with E-state index in [1.54, 1.807) is 6.92 Å². The smallest absolute Gasteiger partial charge is 0.228 e. The first-order valence-electron chi connectivity index (χ1n) is 7.30. The molecule has 0 spiro atoms. The van der Waals surface area contributed by atoms with Crippen LogP contribution in [-0.4, -0.2) is 16.8 Å². The molecule has 4 heteroatoms. The summed E-state index contributed by atoms with van der Waals surface area (Å²) in [5, 5.41) is 15.0. The number of anilines is 1. The fourth-order valence-corrected chi connectivity index (χ4v) is 3.49. The number of rotatable bonds is 3. The number of oxime groups is 1. The van der Waals surface area contributed by atoms with Crippen LogP contribution in [0.4, 0.5) is 5.69 Å². The molecule has 20 heavy (non-hydrogen) atoms. The lowest BCUT2D eigenvalue weighted by atomic mass is 10.0. The van der Waals surface area contributed by atoms with Gasteiger partial charge in [0.15, 0.2) is 0 Å². The minimum Gasteiger partial charge on any atom is -0.411 e. The Hall–Kier alpha value is -1.84. The van der Waals surface area contributed by atoms with Crippen molar-refractivity contribution in [1.29, 1.82) is 0 Å². The molecule has 2 aliphatic rings. The van der Waals surface area contributed by atoms with Gasteiger partial charge in [0.25, 0.3) is 0 Å². The summed E-state index contributed by atoms with van der Waals surface area (Å²) in [5.41, 5.74) is 2.14. The van der Waals surface area contributed by atoms with Gasteiger partial charge < -0.3 is 10.5 Å². The van der Waals surface area contributed by atoms with Gasteiger partial charge in [-0.05, 0) is 43.7 Å². The number of hydrogen-bond acceptors (Lipinski definition) is 3. The van der Waals surface area contributed by atoms with Gasteiger partial charge in [0.1, 0.15) is 0 Å². The number of benzene rings is 1. The van der Waals surface area contributed by atoms with E-state index in [0.29, 0.717) is 17.5 Å². The van der Waals surface area contributed by atoms with Crippen molar-refractivity contribution in [2.75, 3.05) is 5.32 Å². The quantitative estimate of drug-likeness (QED) is 0.504. The van der Waals surface area contributed by atoms with Crippen LogP contribution in [0, 0.1) is 17.8 Å². The molecule has 0 saturated heterocycles. The van der Waals surface area contributed by atoms with Gasteiger partial charge in [0.2, 0.25) is 5.91 Å². The Labute approximate surface area is 118 Å². The molecule has 2 atom stereocenters. The van der Waals surface area contributed by atoms with Gasteiger partial charge in [-0.1, -0.05) is 30.1 Å². The lowest BCUT2D eigenvalue weighted by Crippen LogP contribution is -2.15. The molecule has 2 saturated carbocycles. The number of carbonyl (C=O) groups excluding carboxylic acids is 1. The third kappa shape index (κ3) is 2.42. The first-order valence-corrected chi connectivity index (χ1v) is 7.30. The van der Waals surface area contributed by atoms with Gasteiger partial charge in [-0.25, -0.2) is 0 Å². The van der Waals surface area contributed by atoms with Crippen molar-refractivity contribution in [3.05, 3.63) is 29.8 Å². The average Bonchev–Trinajstić information content (AvgIpc) is 3.21. The Morgan fingerprint density at radius 2 is 2.00 bits per heavy atom. The Morgan fingerprint density at radius 3 is 2.65 bits per heavy atom. The minimum absolute atomic E-state index is 0.151. The van der Waals surface area contributed by atoms with Crippen LogP contribution in [0.3, 0.4) is 0 Å². The maximum atomic E-state index is 12.3. The van der Waals surface area contributed by atoms with Crippen molar-refractivity contribution in [3.8, 4) is 0 Å². The number of fused-ring (bicyclic) bond motifs is 1. The minimum atomic E-state index is 0.151. The van der Waals surface area contributed by atoms with Crippen molar-refractivity contribution >= 4 is 17.3 Å². The van der Waals surface area contributed by atoms with E-state index in [4.69, 9.17) is 5.21 Å². The van der Waals surface area contributed by atoms with Crippen molar-refractivity contribution in [3.63, 3.8) is 0 Å². The van der Waals surface area contributed by atoms with Crippen molar-refractivity contribution in [2.24, 2.45) is 22.9 Å². The monoisotopic (exact) mass is 272 g/mol. The highest BCUT2D eigenvalue weighted by Gasteiger charge is 2.54. The van der Waals surface area contributed by atoms with Gasteiger partial charge in [-0.3, -0.25) is 4.79 Å². The molecule has 2 fully saturated rings. The van der Waals surface area contributed by atoms with Crippen LogP contribution >= 0.6 is 0 Å². The van der Waals surface area contributed by atoms with Crippen LogP contribution in [0.5, 0.6) is 0 Å². The second-order valence-electron chi connectivity index (χ2n) is 5.89. The number of amides is 1. The SMILES string of the molecule is C/C(=N/O)c1cccc(NC(=O)C2C3CCCCC32)c1. The maximum absolute atomic E-state index is 12.3.